The first-order valence-corrected chi connectivity index (χ1v) is 11.8. The van der Waals surface area contributed by atoms with E-state index in [2.05, 4.69) is 15.1 Å². The number of carbonyl (C=O) groups is 2. The molecule has 0 spiro atoms. The molecular weight excluding hydrogens is 503 g/mol. The maximum atomic E-state index is 13.8. The normalized spacial score (nSPS) is 13.9. The molecule has 2 N–H and O–H groups in total. The molecule has 0 radical (unpaired) electrons. The van der Waals surface area contributed by atoms with Crippen molar-refractivity contribution in [3.63, 3.8) is 0 Å². The molecule has 1 aromatic carbocycles. The molecule has 0 bridgehead atoms. The first-order valence-electron chi connectivity index (χ1n) is 11.8. The summed E-state index contributed by atoms with van der Waals surface area (Å²) >= 11 is 0. The number of carbonyl (C=O) groups excluding carboxylic acids is 2. The van der Waals surface area contributed by atoms with Crippen LogP contribution in [0.2, 0.25) is 0 Å². The lowest BCUT2D eigenvalue weighted by molar-refractivity contribution is -0.137. The number of nitrogens with zero attached hydrogens (tertiary/aromatic N) is 6. The van der Waals surface area contributed by atoms with Gasteiger partial charge in [0.15, 0.2) is 0 Å². The Morgan fingerprint density at radius 2 is 1.92 bits per heavy atom. The fourth-order valence-corrected chi connectivity index (χ4v) is 4.20. The minimum Gasteiger partial charge on any atom is -0.445 e. The van der Waals surface area contributed by atoms with Crippen molar-refractivity contribution in [1.82, 2.24) is 29.8 Å². The molecule has 4 aromatic rings. The van der Waals surface area contributed by atoms with Gasteiger partial charge >= 0.3 is 12.3 Å². The average Bonchev–Trinajstić information content (AvgIpc) is 3.26. The van der Waals surface area contributed by atoms with E-state index in [0.717, 1.165) is 35.3 Å². The fourth-order valence-electron chi connectivity index (χ4n) is 4.20. The van der Waals surface area contributed by atoms with Crippen LogP contribution in [0.1, 0.15) is 40.9 Å². The second-order valence-electron chi connectivity index (χ2n) is 9.12. The van der Waals surface area contributed by atoms with Crippen LogP contribution in [0.25, 0.3) is 21.8 Å². The number of nitrogen functional groups attached to an aromatic ring is 1. The molecule has 0 atom stereocenters. The Morgan fingerprint density at radius 1 is 1.16 bits per heavy atom. The lowest BCUT2D eigenvalue weighted by Crippen LogP contribution is -2.48. The average molecular weight is 528 g/mol. The highest BCUT2D eigenvalue weighted by atomic mass is 19.4. The molecule has 5 rings (SSSR count). The van der Waals surface area contributed by atoms with Crippen molar-refractivity contribution in [2.24, 2.45) is 7.05 Å². The van der Waals surface area contributed by atoms with Crippen molar-refractivity contribution in [1.29, 1.82) is 0 Å². The number of halogens is 3. The molecule has 1 fully saturated rings. The summed E-state index contributed by atoms with van der Waals surface area (Å²) in [5.41, 5.74) is 6.72. The summed E-state index contributed by atoms with van der Waals surface area (Å²) in [6.45, 7) is -0.271. The molecule has 0 unspecified atom stereocenters. The minimum absolute atomic E-state index is 0.152. The standard InChI is InChI=1S/C25H24F3N7O3/c1-33-21-18-10-14(6-9-20(18)32-22(29)19(21)12-31-33)23(36)35(34(2)24(37)38-17-4-3-5-17)13-16-8-7-15(11-30-16)25(26,27)28/h6-12,17H,3-5,13H2,1-2H3,(H2,29,32). The van der Waals surface area contributed by atoms with E-state index in [-0.39, 0.29) is 23.9 Å². The van der Waals surface area contributed by atoms with E-state index >= 15 is 0 Å². The zero-order chi connectivity index (χ0) is 27.2. The van der Waals surface area contributed by atoms with Crippen molar-refractivity contribution in [2.45, 2.75) is 38.1 Å². The summed E-state index contributed by atoms with van der Waals surface area (Å²) in [6, 6.07) is 6.83. The minimum atomic E-state index is -4.55. The number of anilines is 1. The zero-order valence-electron chi connectivity index (χ0n) is 20.6. The Hall–Kier alpha value is -4.42. The second kappa shape index (κ2) is 9.47. The predicted octanol–water partition coefficient (Wildman–Crippen LogP) is 4.30. The van der Waals surface area contributed by atoms with E-state index in [9.17, 15) is 22.8 Å². The molecule has 13 heteroatoms. The highest BCUT2D eigenvalue weighted by Gasteiger charge is 2.32. The van der Waals surface area contributed by atoms with E-state index in [1.807, 2.05) is 0 Å². The van der Waals surface area contributed by atoms with Crippen molar-refractivity contribution in [3.8, 4) is 0 Å². The number of rotatable bonds is 4. The number of hydrogen-bond donors (Lipinski definition) is 1. The van der Waals surface area contributed by atoms with Gasteiger partial charge in [0.1, 0.15) is 11.9 Å². The smallest absolute Gasteiger partial charge is 0.428 e. The van der Waals surface area contributed by atoms with Crippen LogP contribution in [-0.2, 0) is 24.5 Å². The Labute approximate surface area is 214 Å². The van der Waals surface area contributed by atoms with Gasteiger partial charge in [0, 0.05) is 31.2 Å². The van der Waals surface area contributed by atoms with Gasteiger partial charge in [-0.1, -0.05) is 0 Å². The summed E-state index contributed by atoms with van der Waals surface area (Å²) in [5, 5.41) is 7.58. The highest BCUT2D eigenvalue weighted by molar-refractivity contribution is 6.10. The number of benzene rings is 1. The first kappa shape index (κ1) is 25.2. The van der Waals surface area contributed by atoms with Crippen LogP contribution in [0.15, 0.2) is 42.7 Å². The number of nitrogens with two attached hydrogens (primary N) is 1. The van der Waals surface area contributed by atoms with Crippen LogP contribution >= 0.6 is 0 Å². The number of pyridine rings is 2. The number of alkyl halides is 3. The number of ether oxygens (including phenoxy) is 1. The van der Waals surface area contributed by atoms with Gasteiger partial charge in [0.05, 0.1) is 40.4 Å². The van der Waals surface area contributed by atoms with Crippen LogP contribution in [-0.4, -0.2) is 54.9 Å². The summed E-state index contributed by atoms with van der Waals surface area (Å²) in [5.74, 6) is -0.290. The van der Waals surface area contributed by atoms with Crippen LogP contribution in [0, 0.1) is 0 Å². The maximum Gasteiger partial charge on any atom is 0.428 e. The number of hydrazine groups is 1. The number of fused-ring (bicyclic) bond motifs is 3. The van der Waals surface area contributed by atoms with Crippen molar-refractivity contribution in [3.05, 3.63) is 59.5 Å². The molecule has 3 heterocycles. The molecule has 1 aliphatic rings. The molecule has 1 saturated carbocycles. The van der Waals surface area contributed by atoms with Crippen LogP contribution in [0.4, 0.5) is 23.8 Å². The van der Waals surface area contributed by atoms with Gasteiger partial charge in [-0.05, 0) is 49.6 Å². The molecule has 198 valence electrons. The summed E-state index contributed by atoms with van der Waals surface area (Å²) in [6.07, 6.45) is -0.859. The van der Waals surface area contributed by atoms with Crippen LogP contribution in [0.5, 0.6) is 0 Å². The molecule has 0 saturated heterocycles. The fraction of sp³-hybridized carbons (Fsp3) is 0.320. The highest BCUT2D eigenvalue weighted by Crippen LogP contribution is 2.30. The van der Waals surface area contributed by atoms with Gasteiger partial charge < -0.3 is 10.5 Å². The summed E-state index contributed by atoms with van der Waals surface area (Å²) in [7, 11) is 3.11. The second-order valence-corrected chi connectivity index (χ2v) is 9.12. The molecule has 2 amide bonds. The largest absolute Gasteiger partial charge is 0.445 e. The third-order valence-corrected chi connectivity index (χ3v) is 6.60. The Bertz CT molecular complexity index is 1530. The van der Waals surface area contributed by atoms with Gasteiger partial charge in [-0.15, -0.1) is 0 Å². The van der Waals surface area contributed by atoms with E-state index in [4.69, 9.17) is 10.5 Å². The van der Waals surface area contributed by atoms with Gasteiger partial charge in [-0.25, -0.2) is 19.8 Å². The van der Waals surface area contributed by atoms with Gasteiger partial charge in [-0.2, -0.15) is 18.3 Å². The number of aromatic nitrogens is 4. The summed E-state index contributed by atoms with van der Waals surface area (Å²) in [4.78, 5) is 34.9. The van der Waals surface area contributed by atoms with E-state index in [0.29, 0.717) is 33.8 Å². The van der Waals surface area contributed by atoms with Crippen LogP contribution < -0.4 is 5.73 Å². The Morgan fingerprint density at radius 3 is 2.55 bits per heavy atom. The third-order valence-electron chi connectivity index (χ3n) is 6.60. The Kier molecular flexibility index (Phi) is 6.29. The van der Waals surface area contributed by atoms with Crippen LogP contribution in [0.3, 0.4) is 0 Å². The third kappa shape index (κ3) is 4.66. The molecule has 3 aromatic heterocycles. The lowest BCUT2D eigenvalue weighted by Gasteiger charge is -2.34. The molecular formula is C25H24F3N7O3. The predicted molar refractivity (Wildman–Crippen MR) is 131 cm³/mol. The molecule has 38 heavy (non-hydrogen) atoms. The van der Waals surface area contributed by atoms with Crippen molar-refractivity contribution >= 4 is 39.6 Å². The van der Waals surface area contributed by atoms with E-state index in [1.54, 1.807) is 30.1 Å². The monoisotopic (exact) mass is 527 g/mol. The van der Waals surface area contributed by atoms with Gasteiger partial charge in [-0.3, -0.25) is 14.5 Å². The van der Waals surface area contributed by atoms with Gasteiger partial charge in [0.2, 0.25) is 0 Å². The quantitative estimate of drug-likeness (QED) is 0.393. The molecule has 1 aliphatic carbocycles. The molecule has 10 nitrogen and oxygen atoms in total. The number of amides is 2. The van der Waals surface area contributed by atoms with Crippen molar-refractivity contribution in [2.75, 3.05) is 12.8 Å². The first-order chi connectivity index (χ1) is 18.0. The topological polar surface area (TPSA) is 119 Å². The molecule has 0 aliphatic heterocycles. The van der Waals surface area contributed by atoms with E-state index < -0.39 is 23.7 Å². The lowest BCUT2D eigenvalue weighted by atomic mass is 9.96. The SMILES string of the molecule is CN(C(=O)OC1CCC1)N(Cc1ccc(C(F)(F)F)cn1)C(=O)c1ccc2nc(N)c3cnn(C)c3c2c1. The maximum absolute atomic E-state index is 13.8. The van der Waals surface area contributed by atoms with Crippen molar-refractivity contribution < 1.29 is 27.5 Å². The Balaban J connectivity index is 1.51. The number of hydrogen-bond acceptors (Lipinski definition) is 7. The summed E-state index contributed by atoms with van der Waals surface area (Å²) < 4.78 is 46.1. The zero-order valence-corrected chi connectivity index (χ0v) is 20.6. The van der Waals surface area contributed by atoms with E-state index in [1.165, 1.54) is 19.2 Å². The van der Waals surface area contributed by atoms with Gasteiger partial charge in [0.25, 0.3) is 5.91 Å². The number of aryl methyl sites for hydroxylation is 1.